The summed E-state index contributed by atoms with van der Waals surface area (Å²) in [5.74, 6) is -2.42. The van der Waals surface area contributed by atoms with Gasteiger partial charge in [0, 0.05) is 47.6 Å². The van der Waals surface area contributed by atoms with Crippen LogP contribution in [0.3, 0.4) is 0 Å². The van der Waals surface area contributed by atoms with Gasteiger partial charge in [-0.3, -0.25) is 9.78 Å². The minimum absolute atomic E-state index is 0.0703. The number of hydrogen-bond acceptors (Lipinski definition) is 4. The Morgan fingerprint density at radius 3 is 2.51 bits per heavy atom. The van der Waals surface area contributed by atoms with Crippen LogP contribution in [0.5, 0.6) is 5.75 Å². The molecule has 0 bridgehead atoms. The van der Waals surface area contributed by atoms with Crippen LogP contribution in [0.1, 0.15) is 42.5 Å². The number of amides is 1. The summed E-state index contributed by atoms with van der Waals surface area (Å²) in [6, 6.07) is 8.25. The number of methoxy groups -OCH3 is 1. The molecule has 0 saturated heterocycles. The maximum atomic E-state index is 14.7. The van der Waals surface area contributed by atoms with E-state index < -0.39 is 35.9 Å². The third kappa shape index (κ3) is 5.35. The Balaban J connectivity index is 1.68. The normalized spacial score (nSPS) is 15.1. The van der Waals surface area contributed by atoms with Crippen LogP contribution in [0.15, 0.2) is 48.7 Å². The van der Waals surface area contributed by atoms with Crippen molar-refractivity contribution in [2.45, 2.75) is 32.0 Å². The Kier molecular flexibility index (Phi) is 7.33. The Hall–Kier alpha value is -3.76. The van der Waals surface area contributed by atoms with Crippen molar-refractivity contribution in [3.05, 3.63) is 71.2 Å². The second-order valence-electron chi connectivity index (χ2n) is 8.57. The number of nitrogens with one attached hydrogen (secondary N) is 1. The summed E-state index contributed by atoms with van der Waals surface area (Å²) in [6.45, 7) is 1.32. The molecule has 11 heteroatoms. The third-order valence-corrected chi connectivity index (χ3v) is 6.28. The number of alkyl halides is 5. The molecule has 5 nitrogen and oxygen atoms in total. The Morgan fingerprint density at radius 2 is 1.89 bits per heavy atom. The lowest BCUT2D eigenvalue weighted by Crippen LogP contribution is -2.43. The van der Waals surface area contributed by atoms with Crippen molar-refractivity contribution < 1.29 is 35.9 Å². The molecule has 37 heavy (non-hydrogen) atoms. The second-order valence-corrected chi connectivity index (χ2v) is 8.57. The summed E-state index contributed by atoms with van der Waals surface area (Å²) in [5.41, 5.74) is 1.78. The number of carbonyl (C=O) groups excluding carboxylic acids is 1. The zero-order chi connectivity index (χ0) is 26.9. The molecule has 0 fully saturated rings. The van der Waals surface area contributed by atoms with Gasteiger partial charge >= 0.3 is 12.1 Å². The van der Waals surface area contributed by atoms with Gasteiger partial charge < -0.3 is 15.0 Å². The summed E-state index contributed by atoms with van der Waals surface area (Å²) < 4.78 is 84.9. The smallest absolute Gasteiger partial charge is 0.471 e. The summed E-state index contributed by atoms with van der Waals surface area (Å²) in [6.07, 6.45) is -4.63. The molecule has 1 aromatic heterocycles. The summed E-state index contributed by atoms with van der Waals surface area (Å²) in [7, 11) is 1.45. The van der Waals surface area contributed by atoms with Gasteiger partial charge in [-0.15, -0.1) is 0 Å². The fraction of sp³-hybridized carbons (Fsp3) is 0.308. The Morgan fingerprint density at radius 1 is 1.16 bits per heavy atom. The van der Waals surface area contributed by atoms with Crippen molar-refractivity contribution in [1.29, 1.82) is 0 Å². The van der Waals surface area contributed by atoms with Gasteiger partial charge in [0.25, 0.3) is 6.43 Å². The summed E-state index contributed by atoms with van der Waals surface area (Å²) in [4.78, 5) is 16.6. The molecule has 3 aromatic rings. The molecule has 2 aromatic carbocycles. The summed E-state index contributed by atoms with van der Waals surface area (Å²) >= 11 is 0. The highest BCUT2D eigenvalue weighted by molar-refractivity contribution is 5.95. The van der Waals surface area contributed by atoms with Gasteiger partial charge in [0.2, 0.25) is 0 Å². The number of pyridine rings is 1. The van der Waals surface area contributed by atoms with Gasteiger partial charge in [-0.25, -0.2) is 13.2 Å². The number of ether oxygens (including phenoxy) is 1. The quantitative estimate of drug-likeness (QED) is 0.367. The van der Waals surface area contributed by atoms with E-state index in [2.05, 4.69) is 10.3 Å². The van der Waals surface area contributed by atoms with Crippen LogP contribution in [0.2, 0.25) is 0 Å². The fourth-order valence-corrected chi connectivity index (χ4v) is 4.38. The molecule has 196 valence electrons. The van der Waals surface area contributed by atoms with Crippen LogP contribution in [0, 0.1) is 5.82 Å². The summed E-state index contributed by atoms with van der Waals surface area (Å²) in [5, 5.41) is 3.77. The molecule has 0 radical (unpaired) electrons. The number of anilines is 1. The molecule has 1 aliphatic heterocycles. The molecule has 0 unspecified atom stereocenters. The van der Waals surface area contributed by atoms with Crippen LogP contribution in [0.4, 0.5) is 32.0 Å². The molecular formula is C26H23F6N3O2. The number of hydrogen-bond donors (Lipinski definition) is 1. The predicted molar refractivity (Wildman–Crippen MR) is 127 cm³/mol. The van der Waals surface area contributed by atoms with Gasteiger partial charge in [-0.05, 0) is 31.1 Å². The van der Waals surface area contributed by atoms with E-state index in [1.807, 2.05) is 0 Å². The maximum absolute atomic E-state index is 14.7. The van der Waals surface area contributed by atoms with Crippen LogP contribution < -0.4 is 10.1 Å². The standard InChI is InChI=1S/C26H23F6N3O2/c1-14(16-4-3-5-17(23(16)27)24(28)29)34-20-6-9-33-21-13-22(37-2)18(12-19(20)21)15-7-10-35(11-8-15)25(36)26(30,31)32/h3-7,9,12-14,24H,8,10-11H2,1-2H3,(H,33,34)/t14-/m1/s1. The van der Waals surface area contributed by atoms with E-state index >= 15 is 0 Å². The van der Waals surface area contributed by atoms with Crippen molar-refractivity contribution in [2.75, 3.05) is 25.5 Å². The molecule has 1 aliphatic rings. The highest BCUT2D eigenvalue weighted by atomic mass is 19.4. The highest BCUT2D eigenvalue weighted by Gasteiger charge is 2.42. The van der Waals surface area contributed by atoms with Gasteiger partial charge in [0.05, 0.1) is 24.2 Å². The highest BCUT2D eigenvalue weighted by Crippen LogP contribution is 2.37. The zero-order valence-electron chi connectivity index (χ0n) is 19.9. The molecule has 1 N–H and O–H groups in total. The molecule has 1 amide bonds. The van der Waals surface area contributed by atoms with Crippen LogP contribution in [-0.2, 0) is 4.79 Å². The van der Waals surface area contributed by atoms with Crippen LogP contribution in [0.25, 0.3) is 16.5 Å². The Labute approximate surface area is 208 Å². The fourth-order valence-electron chi connectivity index (χ4n) is 4.38. The predicted octanol–water partition coefficient (Wildman–Crippen LogP) is 6.67. The molecule has 4 rings (SSSR count). The molecule has 2 heterocycles. The van der Waals surface area contributed by atoms with Crippen LogP contribution in [-0.4, -0.2) is 42.2 Å². The van der Waals surface area contributed by atoms with Crippen molar-refractivity contribution >= 4 is 28.1 Å². The first kappa shape index (κ1) is 26.3. The minimum Gasteiger partial charge on any atom is -0.496 e. The molecule has 1 atom stereocenters. The van der Waals surface area contributed by atoms with Gasteiger partial charge in [0.1, 0.15) is 11.6 Å². The van der Waals surface area contributed by atoms with Gasteiger partial charge in [-0.1, -0.05) is 24.3 Å². The van der Waals surface area contributed by atoms with Crippen molar-refractivity contribution in [3.63, 3.8) is 0 Å². The average Bonchev–Trinajstić information content (AvgIpc) is 2.87. The van der Waals surface area contributed by atoms with E-state index in [1.54, 1.807) is 31.2 Å². The topological polar surface area (TPSA) is 54.5 Å². The van der Waals surface area contributed by atoms with E-state index in [9.17, 15) is 31.1 Å². The molecular weight excluding hydrogens is 500 g/mol. The number of aromatic nitrogens is 1. The van der Waals surface area contributed by atoms with Gasteiger partial charge in [-0.2, -0.15) is 13.2 Å². The number of fused-ring (bicyclic) bond motifs is 1. The number of rotatable bonds is 6. The molecule has 0 aliphatic carbocycles. The number of carbonyl (C=O) groups is 1. The first-order valence-corrected chi connectivity index (χ1v) is 11.4. The molecule has 0 spiro atoms. The Bertz CT molecular complexity index is 1360. The minimum atomic E-state index is -4.94. The van der Waals surface area contributed by atoms with Crippen LogP contribution >= 0.6 is 0 Å². The number of halogens is 6. The third-order valence-electron chi connectivity index (χ3n) is 6.28. The number of nitrogens with zero attached hydrogens (tertiary/aromatic N) is 2. The van der Waals surface area contributed by atoms with E-state index in [4.69, 9.17) is 4.74 Å². The van der Waals surface area contributed by atoms with E-state index in [0.29, 0.717) is 33.5 Å². The van der Waals surface area contributed by atoms with E-state index in [0.717, 1.165) is 11.0 Å². The average molecular weight is 523 g/mol. The first-order valence-electron chi connectivity index (χ1n) is 11.4. The van der Waals surface area contributed by atoms with E-state index in [-0.39, 0.29) is 25.1 Å². The van der Waals surface area contributed by atoms with Crippen molar-refractivity contribution in [2.24, 2.45) is 0 Å². The largest absolute Gasteiger partial charge is 0.496 e. The van der Waals surface area contributed by atoms with Gasteiger partial charge in [0.15, 0.2) is 0 Å². The number of benzene rings is 2. The van der Waals surface area contributed by atoms with E-state index in [1.165, 1.54) is 25.4 Å². The first-order chi connectivity index (χ1) is 17.5. The van der Waals surface area contributed by atoms with Crippen molar-refractivity contribution in [1.82, 2.24) is 9.88 Å². The zero-order valence-corrected chi connectivity index (χ0v) is 19.9. The maximum Gasteiger partial charge on any atom is 0.471 e. The monoisotopic (exact) mass is 523 g/mol. The lowest BCUT2D eigenvalue weighted by molar-refractivity contribution is -0.185. The second kappa shape index (κ2) is 10.3. The SMILES string of the molecule is COc1cc2nccc(N[C@H](C)c3cccc(C(F)F)c3F)c2cc1C1=CCN(C(=O)C(F)(F)F)CC1. The lowest BCUT2D eigenvalue weighted by atomic mass is 9.96. The lowest BCUT2D eigenvalue weighted by Gasteiger charge is -2.28. The van der Waals surface area contributed by atoms with Crippen molar-refractivity contribution in [3.8, 4) is 5.75 Å². The molecule has 0 saturated carbocycles.